The van der Waals surface area contributed by atoms with E-state index in [2.05, 4.69) is 35.1 Å². The molecular formula is C11H13N3. The van der Waals surface area contributed by atoms with Crippen molar-refractivity contribution in [1.29, 1.82) is 0 Å². The SMILES string of the molecule is CC(C)c1cc(-c2ccncc2)[nH]n1. The van der Waals surface area contributed by atoms with Crippen molar-refractivity contribution in [2.75, 3.05) is 0 Å². The highest BCUT2D eigenvalue weighted by Crippen LogP contribution is 2.19. The van der Waals surface area contributed by atoms with Crippen LogP contribution in [-0.2, 0) is 0 Å². The molecule has 2 aromatic heterocycles. The van der Waals surface area contributed by atoms with Crippen LogP contribution in [0, 0.1) is 0 Å². The van der Waals surface area contributed by atoms with E-state index >= 15 is 0 Å². The fraction of sp³-hybridized carbons (Fsp3) is 0.273. The van der Waals surface area contributed by atoms with E-state index in [1.54, 1.807) is 12.4 Å². The molecule has 0 aliphatic rings. The maximum Gasteiger partial charge on any atom is 0.0654 e. The lowest BCUT2D eigenvalue weighted by Gasteiger charge is -1.95. The molecule has 0 unspecified atom stereocenters. The van der Waals surface area contributed by atoms with E-state index in [9.17, 15) is 0 Å². The van der Waals surface area contributed by atoms with Gasteiger partial charge in [-0.3, -0.25) is 10.1 Å². The molecular weight excluding hydrogens is 174 g/mol. The summed E-state index contributed by atoms with van der Waals surface area (Å²) in [5.41, 5.74) is 3.27. The van der Waals surface area contributed by atoms with Crippen LogP contribution < -0.4 is 0 Å². The minimum absolute atomic E-state index is 0.460. The third kappa shape index (κ3) is 1.66. The van der Waals surface area contributed by atoms with Crippen molar-refractivity contribution in [3.8, 4) is 11.3 Å². The van der Waals surface area contributed by atoms with Gasteiger partial charge in [0, 0.05) is 18.0 Å². The van der Waals surface area contributed by atoms with Gasteiger partial charge in [0.25, 0.3) is 0 Å². The molecule has 0 saturated heterocycles. The van der Waals surface area contributed by atoms with Crippen LogP contribution in [0.15, 0.2) is 30.6 Å². The number of rotatable bonds is 2. The highest BCUT2D eigenvalue weighted by Gasteiger charge is 2.05. The van der Waals surface area contributed by atoms with Gasteiger partial charge < -0.3 is 0 Å². The van der Waals surface area contributed by atoms with Crippen LogP contribution in [-0.4, -0.2) is 15.2 Å². The summed E-state index contributed by atoms with van der Waals surface area (Å²) in [5, 5.41) is 7.27. The summed E-state index contributed by atoms with van der Waals surface area (Å²) in [5.74, 6) is 0.460. The van der Waals surface area contributed by atoms with Crippen LogP contribution in [0.2, 0.25) is 0 Å². The lowest BCUT2D eigenvalue weighted by molar-refractivity contribution is 0.811. The first-order valence-electron chi connectivity index (χ1n) is 4.73. The Kier molecular flexibility index (Phi) is 2.31. The van der Waals surface area contributed by atoms with Crippen LogP contribution in [0.3, 0.4) is 0 Å². The number of hydrogen-bond acceptors (Lipinski definition) is 2. The van der Waals surface area contributed by atoms with Gasteiger partial charge in [0.05, 0.1) is 11.4 Å². The number of nitrogens with zero attached hydrogens (tertiary/aromatic N) is 2. The summed E-state index contributed by atoms with van der Waals surface area (Å²) in [4.78, 5) is 3.98. The van der Waals surface area contributed by atoms with Crippen molar-refractivity contribution in [2.24, 2.45) is 0 Å². The Bertz CT molecular complexity index is 403. The van der Waals surface area contributed by atoms with E-state index in [0.29, 0.717) is 5.92 Å². The van der Waals surface area contributed by atoms with E-state index < -0.39 is 0 Å². The molecule has 0 aliphatic heterocycles. The maximum atomic E-state index is 4.25. The second-order valence-corrected chi connectivity index (χ2v) is 3.60. The number of aromatic nitrogens is 3. The summed E-state index contributed by atoms with van der Waals surface area (Å²) in [6.07, 6.45) is 3.57. The Morgan fingerprint density at radius 1 is 1.21 bits per heavy atom. The van der Waals surface area contributed by atoms with E-state index in [-0.39, 0.29) is 0 Å². The molecule has 0 bridgehead atoms. The third-order valence-corrected chi connectivity index (χ3v) is 2.18. The molecule has 0 atom stereocenters. The van der Waals surface area contributed by atoms with Crippen molar-refractivity contribution in [3.05, 3.63) is 36.3 Å². The molecule has 14 heavy (non-hydrogen) atoms. The molecule has 3 nitrogen and oxygen atoms in total. The summed E-state index contributed by atoms with van der Waals surface area (Å²) in [6.45, 7) is 4.26. The molecule has 0 aliphatic carbocycles. The first kappa shape index (κ1) is 8.94. The molecule has 2 heterocycles. The van der Waals surface area contributed by atoms with Gasteiger partial charge in [-0.2, -0.15) is 5.10 Å². The Balaban J connectivity index is 2.34. The fourth-order valence-electron chi connectivity index (χ4n) is 1.31. The van der Waals surface area contributed by atoms with E-state index in [1.165, 1.54) is 0 Å². The van der Waals surface area contributed by atoms with Gasteiger partial charge in [-0.05, 0) is 24.1 Å². The number of hydrogen-bond donors (Lipinski definition) is 1. The van der Waals surface area contributed by atoms with Crippen molar-refractivity contribution >= 4 is 0 Å². The van der Waals surface area contributed by atoms with Gasteiger partial charge in [0.2, 0.25) is 0 Å². The van der Waals surface area contributed by atoms with E-state index in [4.69, 9.17) is 0 Å². The molecule has 0 aromatic carbocycles. The highest BCUT2D eigenvalue weighted by atomic mass is 15.1. The smallest absolute Gasteiger partial charge is 0.0654 e. The van der Waals surface area contributed by atoms with Crippen molar-refractivity contribution < 1.29 is 0 Å². The van der Waals surface area contributed by atoms with Crippen molar-refractivity contribution in [3.63, 3.8) is 0 Å². The van der Waals surface area contributed by atoms with Crippen LogP contribution in [0.1, 0.15) is 25.5 Å². The standard InChI is InChI=1S/C11H13N3/c1-8(2)10-7-11(14-13-10)9-3-5-12-6-4-9/h3-8H,1-2H3,(H,13,14). The first-order valence-corrected chi connectivity index (χ1v) is 4.73. The Hall–Kier alpha value is -1.64. The average molecular weight is 187 g/mol. The molecule has 0 saturated carbocycles. The summed E-state index contributed by atoms with van der Waals surface area (Å²) in [7, 11) is 0. The minimum Gasteiger partial charge on any atom is -0.278 e. The number of H-pyrrole nitrogens is 1. The topological polar surface area (TPSA) is 41.6 Å². The summed E-state index contributed by atoms with van der Waals surface area (Å²) in [6, 6.07) is 6.02. The van der Waals surface area contributed by atoms with Gasteiger partial charge in [-0.1, -0.05) is 13.8 Å². The number of aromatic amines is 1. The monoisotopic (exact) mass is 187 g/mol. The van der Waals surface area contributed by atoms with Crippen LogP contribution in [0.5, 0.6) is 0 Å². The quantitative estimate of drug-likeness (QED) is 0.785. The normalized spacial score (nSPS) is 10.8. The predicted molar refractivity (Wildman–Crippen MR) is 55.9 cm³/mol. The molecule has 72 valence electrons. The summed E-state index contributed by atoms with van der Waals surface area (Å²) < 4.78 is 0. The van der Waals surface area contributed by atoms with Crippen molar-refractivity contribution in [1.82, 2.24) is 15.2 Å². The minimum atomic E-state index is 0.460. The Morgan fingerprint density at radius 3 is 2.50 bits per heavy atom. The third-order valence-electron chi connectivity index (χ3n) is 2.18. The lowest BCUT2D eigenvalue weighted by Crippen LogP contribution is -1.85. The Labute approximate surface area is 83.2 Å². The molecule has 3 heteroatoms. The number of pyridine rings is 1. The second-order valence-electron chi connectivity index (χ2n) is 3.60. The maximum absolute atomic E-state index is 4.25. The highest BCUT2D eigenvalue weighted by molar-refractivity contribution is 5.58. The second kappa shape index (κ2) is 3.62. The molecule has 0 fully saturated rings. The number of nitrogens with one attached hydrogen (secondary N) is 1. The Morgan fingerprint density at radius 2 is 1.93 bits per heavy atom. The zero-order valence-electron chi connectivity index (χ0n) is 8.36. The molecule has 0 radical (unpaired) electrons. The van der Waals surface area contributed by atoms with E-state index in [0.717, 1.165) is 17.0 Å². The lowest BCUT2D eigenvalue weighted by atomic mass is 10.1. The average Bonchev–Trinajstić information content (AvgIpc) is 2.68. The molecule has 0 spiro atoms. The molecule has 0 amide bonds. The van der Waals surface area contributed by atoms with Crippen LogP contribution in [0.25, 0.3) is 11.3 Å². The largest absolute Gasteiger partial charge is 0.278 e. The van der Waals surface area contributed by atoms with Crippen molar-refractivity contribution in [2.45, 2.75) is 19.8 Å². The van der Waals surface area contributed by atoms with Gasteiger partial charge in [-0.25, -0.2) is 0 Å². The molecule has 2 aromatic rings. The van der Waals surface area contributed by atoms with Crippen LogP contribution in [0.4, 0.5) is 0 Å². The van der Waals surface area contributed by atoms with Gasteiger partial charge >= 0.3 is 0 Å². The zero-order valence-corrected chi connectivity index (χ0v) is 8.36. The van der Waals surface area contributed by atoms with Gasteiger partial charge in [0.1, 0.15) is 0 Å². The fourth-order valence-corrected chi connectivity index (χ4v) is 1.31. The zero-order chi connectivity index (χ0) is 9.97. The van der Waals surface area contributed by atoms with E-state index in [1.807, 2.05) is 12.1 Å². The van der Waals surface area contributed by atoms with Gasteiger partial charge in [-0.15, -0.1) is 0 Å². The van der Waals surface area contributed by atoms with Gasteiger partial charge in [0.15, 0.2) is 0 Å². The molecule has 2 rings (SSSR count). The van der Waals surface area contributed by atoms with Crippen LogP contribution >= 0.6 is 0 Å². The summed E-state index contributed by atoms with van der Waals surface area (Å²) >= 11 is 0. The first-order chi connectivity index (χ1) is 6.77. The predicted octanol–water partition coefficient (Wildman–Crippen LogP) is 2.60. The molecule has 1 N–H and O–H groups in total.